The Hall–Kier alpha value is -2.54. The van der Waals surface area contributed by atoms with Crippen molar-refractivity contribution < 1.29 is 8.78 Å². The van der Waals surface area contributed by atoms with Crippen LogP contribution in [0.5, 0.6) is 0 Å². The summed E-state index contributed by atoms with van der Waals surface area (Å²) in [6, 6.07) is 13.3. The van der Waals surface area contributed by atoms with E-state index in [2.05, 4.69) is 19.2 Å². The summed E-state index contributed by atoms with van der Waals surface area (Å²) in [6.45, 7) is 3.04. The molecule has 2 heterocycles. The zero-order valence-electron chi connectivity index (χ0n) is 14.1. The predicted octanol–water partition coefficient (Wildman–Crippen LogP) is 3.73. The molecule has 0 aliphatic carbocycles. The molecule has 1 saturated heterocycles. The fraction of sp³-hybridized carbons (Fsp3) is 0.263. The van der Waals surface area contributed by atoms with Gasteiger partial charge in [0.2, 0.25) is 5.13 Å². The van der Waals surface area contributed by atoms with E-state index in [0.717, 1.165) is 42.7 Å². The quantitative estimate of drug-likeness (QED) is 0.699. The molecule has 2 aromatic carbocycles. The molecule has 1 fully saturated rings. The molecule has 1 aliphatic rings. The highest BCUT2D eigenvalue weighted by atomic mass is 32.1. The van der Waals surface area contributed by atoms with Crippen molar-refractivity contribution in [3.05, 3.63) is 71.6 Å². The van der Waals surface area contributed by atoms with Crippen LogP contribution in [0.15, 0.2) is 48.5 Å². The Kier molecular flexibility index (Phi) is 4.79. The fourth-order valence-corrected chi connectivity index (χ4v) is 3.81. The zero-order valence-corrected chi connectivity index (χ0v) is 14.9. The molecule has 1 aromatic heterocycles. The van der Waals surface area contributed by atoms with Crippen molar-refractivity contribution in [2.24, 2.45) is 0 Å². The molecule has 134 valence electrons. The molecule has 7 heteroatoms. The van der Waals surface area contributed by atoms with Crippen LogP contribution in [0, 0.1) is 11.6 Å². The van der Waals surface area contributed by atoms with Crippen LogP contribution in [-0.4, -0.2) is 35.5 Å². The van der Waals surface area contributed by atoms with Crippen molar-refractivity contribution in [2.45, 2.75) is 6.42 Å². The summed E-state index contributed by atoms with van der Waals surface area (Å²) in [5, 5.41) is 0.885. The first-order valence-electron chi connectivity index (χ1n) is 8.50. The van der Waals surface area contributed by atoms with E-state index in [1.54, 1.807) is 18.2 Å². The van der Waals surface area contributed by atoms with Gasteiger partial charge in [0.1, 0.15) is 17.5 Å². The Labute approximate surface area is 154 Å². The number of hydrogen-bond donors (Lipinski definition) is 0. The van der Waals surface area contributed by atoms with Gasteiger partial charge in [-0.25, -0.2) is 13.8 Å². The molecule has 0 spiro atoms. The van der Waals surface area contributed by atoms with E-state index in [1.165, 1.54) is 29.7 Å². The van der Waals surface area contributed by atoms with E-state index >= 15 is 0 Å². The fourth-order valence-electron chi connectivity index (χ4n) is 3.08. The maximum atomic E-state index is 13.9. The first kappa shape index (κ1) is 16.9. The average molecular weight is 372 g/mol. The summed E-state index contributed by atoms with van der Waals surface area (Å²) in [6.07, 6.45) is 0.589. The van der Waals surface area contributed by atoms with Crippen LogP contribution in [0.2, 0.25) is 0 Å². The van der Waals surface area contributed by atoms with Gasteiger partial charge < -0.3 is 9.80 Å². The van der Waals surface area contributed by atoms with Gasteiger partial charge in [-0.05, 0) is 29.8 Å². The van der Waals surface area contributed by atoms with Crippen molar-refractivity contribution in [1.29, 1.82) is 0 Å². The minimum absolute atomic E-state index is 0.182. The van der Waals surface area contributed by atoms with Crippen LogP contribution < -0.4 is 9.80 Å². The van der Waals surface area contributed by atoms with Crippen LogP contribution in [0.4, 0.5) is 19.6 Å². The molecule has 0 saturated carbocycles. The third kappa shape index (κ3) is 3.67. The maximum absolute atomic E-state index is 13.9. The normalized spacial score (nSPS) is 14.7. The van der Waals surface area contributed by atoms with Crippen molar-refractivity contribution in [3.8, 4) is 0 Å². The van der Waals surface area contributed by atoms with Crippen LogP contribution >= 0.6 is 11.5 Å². The number of piperazine rings is 1. The lowest BCUT2D eigenvalue weighted by atomic mass is 10.1. The molecule has 0 bridgehead atoms. The Balaban J connectivity index is 1.38. The van der Waals surface area contributed by atoms with E-state index in [1.807, 2.05) is 12.1 Å². The summed E-state index contributed by atoms with van der Waals surface area (Å²) < 4.78 is 31.3. The molecule has 0 atom stereocenters. The second-order valence-corrected chi connectivity index (χ2v) is 6.95. The van der Waals surface area contributed by atoms with Crippen LogP contribution in [-0.2, 0) is 6.42 Å². The summed E-state index contributed by atoms with van der Waals surface area (Å²) >= 11 is 1.38. The van der Waals surface area contributed by atoms with E-state index in [-0.39, 0.29) is 11.6 Å². The molecular formula is C19H18F2N4S. The number of aromatic nitrogens is 2. The van der Waals surface area contributed by atoms with E-state index in [9.17, 15) is 8.78 Å². The summed E-state index contributed by atoms with van der Waals surface area (Å²) in [4.78, 5) is 8.86. The average Bonchev–Trinajstić information content (AvgIpc) is 3.13. The highest BCUT2D eigenvalue weighted by Gasteiger charge is 2.21. The van der Waals surface area contributed by atoms with E-state index in [0.29, 0.717) is 12.1 Å². The van der Waals surface area contributed by atoms with Gasteiger partial charge in [-0.15, -0.1) is 0 Å². The number of nitrogens with zero attached hydrogens (tertiary/aromatic N) is 4. The number of anilines is 2. The smallest absolute Gasteiger partial charge is 0.205 e. The summed E-state index contributed by atoms with van der Waals surface area (Å²) in [7, 11) is 0. The van der Waals surface area contributed by atoms with Crippen molar-refractivity contribution in [3.63, 3.8) is 0 Å². The second-order valence-electron chi connectivity index (χ2n) is 6.22. The number of halogens is 2. The topological polar surface area (TPSA) is 32.3 Å². The van der Waals surface area contributed by atoms with Gasteiger partial charge in [0.25, 0.3) is 0 Å². The first-order chi connectivity index (χ1) is 12.7. The predicted molar refractivity (Wildman–Crippen MR) is 99.9 cm³/mol. The Morgan fingerprint density at radius 1 is 0.885 bits per heavy atom. The second kappa shape index (κ2) is 7.37. The van der Waals surface area contributed by atoms with Crippen LogP contribution in [0.3, 0.4) is 0 Å². The highest BCUT2D eigenvalue weighted by molar-refractivity contribution is 7.09. The molecule has 4 nitrogen and oxygen atoms in total. The standard InChI is InChI=1S/C19H18F2N4S/c20-15-7-5-14(6-8-15)13-18-22-19(26-23-18)25-11-9-24(10-12-25)17-4-2-1-3-16(17)21/h1-8H,9-13H2. The molecule has 4 rings (SSSR count). The Morgan fingerprint density at radius 3 is 2.31 bits per heavy atom. The Bertz CT molecular complexity index is 873. The van der Waals surface area contributed by atoms with Gasteiger partial charge in [0.05, 0.1) is 5.69 Å². The third-order valence-corrected chi connectivity index (χ3v) is 5.29. The first-order valence-corrected chi connectivity index (χ1v) is 9.28. The lowest BCUT2D eigenvalue weighted by Gasteiger charge is -2.35. The van der Waals surface area contributed by atoms with Gasteiger partial charge in [-0.2, -0.15) is 4.37 Å². The number of rotatable bonds is 4. The van der Waals surface area contributed by atoms with Crippen molar-refractivity contribution in [2.75, 3.05) is 36.0 Å². The van der Waals surface area contributed by atoms with Gasteiger partial charge in [0, 0.05) is 44.1 Å². The SMILES string of the molecule is Fc1ccc(Cc2nsc(N3CCN(c4ccccc4F)CC3)n2)cc1. The van der Waals surface area contributed by atoms with Gasteiger partial charge >= 0.3 is 0 Å². The highest BCUT2D eigenvalue weighted by Crippen LogP contribution is 2.24. The summed E-state index contributed by atoms with van der Waals surface area (Å²) in [5.74, 6) is 0.319. The monoisotopic (exact) mass is 372 g/mol. The molecule has 1 aliphatic heterocycles. The van der Waals surface area contributed by atoms with E-state index < -0.39 is 0 Å². The zero-order chi connectivity index (χ0) is 17.9. The molecule has 0 radical (unpaired) electrons. The number of para-hydroxylation sites is 1. The number of benzene rings is 2. The van der Waals surface area contributed by atoms with Gasteiger partial charge in [-0.3, -0.25) is 0 Å². The molecule has 26 heavy (non-hydrogen) atoms. The number of hydrogen-bond acceptors (Lipinski definition) is 5. The van der Waals surface area contributed by atoms with Crippen molar-refractivity contribution >= 4 is 22.4 Å². The molecular weight excluding hydrogens is 354 g/mol. The van der Waals surface area contributed by atoms with E-state index in [4.69, 9.17) is 0 Å². The largest absolute Gasteiger partial charge is 0.366 e. The minimum atomic E-state index is -0.242. The van der Waals surface area contributed by atoms with Gasteiger partial charge in [0.15, 0.2) is 0 Å². The molecule has 3 aromatic rings. The third-order valence-electron chi connectivity index (χ3n) is 4.48. The van der Waals surface area contributed by atoms with Gasteiger partial charge in [-0.1, -0.05) is 24.3 Å². The lowest BCUT2D eigenvalue weighted by Crippen LogP contribution is -2.46. The Morgan fingerprint density at radius 2 is 1.58 bits per heavy atom. The van der Waals surface area contributed by atoms with Crippen molar-refractivity contribution in [1.82, 2.24) is 9.36 Å². The molecule has 0 N–H and O–H groups in total. The lowest BCUT2D eigenvalue weighted by molar-refractivity contribution is 0.597. The van der Waals surface area contributed by atoms with Crippen LogP contribution in [0.1, 0.15) is 11.4 Å². The summed E-state index contributed by atoms with van der Waals surface area (Å²) in [5.41, 5.74) is 1.64. The van der Waals surface area contributed by atoms with Crippen LogP contribution in [0.25, 0.3) is 0 Å². The maximum Gasteiger partial charge on any atom is 0.205 e. The minimum Gasteiger partial charge on any atom is -0.366 e. The molecule has 0 unspecified atom stereocenters. The molecule has 0 amide bonds.